The van der Waals surface area contributed by atoms with E-state index in [4.69, 9.17) is 9.15 Å². The molecule has 3 rings (SSSR count). The van der Waals surface area contributed by atoms with Crippen LogP contribution in [0.4, 0.5) is 10.5 Å². The maximum Gasteiger partial charge on any atom is 0.322 e. The Morgan fingerprint density at radius 2 is 1.92 bits per heavy atom. The van der Waals surface area contributed by atoms with Gasteiger partial charge in [-0.1, -0.05) is 18.2 Å². The van der Waals surface area contributed by atoms with Gasteiger partial charge in [-0.2, -0.15) is 0 Å². The van der Waals surface area contributed by atoms with Crippen molar-refractivity contribution in [2.24, 2.45) is 0 Å². The molecule has 0 bridgehead atoms. The summed E-state index contributed by atoms with van der Waals surface area (Å²) in [5.41, 5.74) is 1.95. The second-order valence-electron chi connectivity index (χ2n) is 6.97. The van der Waals surface area contributed by atoms with Crippen LogP contribution in [0.1, 0.15) is 25.2 Å². The number of urea groups is 1. The topological polar surface area (TPSA) is 58.0 Å². The first-order valence-electron chi connectivity index (χ1n) is 9.01. The smallest absolute Gasteiger partial charge is 0.322 e. The van der Waals surface area contributed by atoms with Crippen molar-refractivity contribution in [3.63, 3.8) is 0 Å². The fraction of sp³-hybridized carbons (Fsp3) is 0.450. The largest absolute Gasteiger partial charge is 0.467 e. The molecule has 0 saturated carbocycles. The summed E-state index contributed by atoms with van der Waals surface area (Å²) in [6, 6.07) is 11.5. The third kappa shape index (κ3) is 4.86. The van der Waals surface area contributed by atoms with Gasteiger partial charge in [0.05, 0.1) is 25.0 Å². The third-order valence-corrected chi connectivity index (χ3v) is 4.47. The van der Waals surface area contributed by atoms with Crippen molar-refractivity contribution < 1.29 is 13.9 Å². The summed E-state index contributed by atoms with van der Waals surface area (Å²) in [5.74, 6) is 0.757. The number of para-hydroxylation sites is 1. The van der Waals surface area contributed by atoms with Crippen molar-refractivity contribution in [1.82, 2.24) is 9.80 Å². The molecule has 1 aliphatic heterocycles. The van der Waals surface area contributed by atoms with Crippen LogP contribution >= 0.6 is 0 Å². The highest BCUT2D eigenvalue weighted by Gasteiger charge is 2.23. The Hall–Kier alpha value is -2.31. The highest BCUT2D eigenvalue weighted by atomic mass is 16.5. The van der Waals surface area contributed by atoms with Crippen LogP contribution in [0.15, 0.2) is 47.1 Å². The normalized spacial score (nSPS) is 20.7. The van der Waals surface area contributed by atoms with Crippen molar-refractivity contribution in [3.8, 4) is 0 Å². The van der Waals surface area contributed by atoms with E-state index in [2.05, 4.69) is 30.1 Å². The zero-order chi connectivity index (χ0) is 18.5. The number of carbonyl (C=O) groups excluding carboxylic acids is 1. The molecule has 6 nitrogen and oxygen atoms in total. The van der Waals surface area contributed by atoms with Gasteiger partial charge in [0.1, 0.15) is 5.76 Å². The molecule has 140 valence electrons. The number of nitrogens with zero attached hydrogens (tertiary/aromatic N) is 2. The van der Waals surface area contributed by atoms with Gasteiger partial charge in [-0.25, -0.2) is 4.79 Å². The summed E-state index contributed by atoms with van der Waals surface area (Å²) >= 11 is 0. The molecule has 0 radical (unpaired) electrons. The molecule has 0 unspecified atom stereocenters. The van der Waals surface area contributed by atoms with Gasteiger partial charge in [0.2, 0.25) is 0 Å². The third-order valence-electron chi connectivity index (χ3n) is 4.47. The van der Waals surface area contributed by atoms with Gasteiger partial charge in [0, 0.05) is 32.4 Å². The number of ether oxygens (including phenoxy) is 1. The highest BCUT2D eigenvalue weighted by molar-refractivity contribution is 5.89. The van der Waals surface area contributed by atoms with E-state index < -0.39 is 0 Å². The number of rotatable bonds is 5. The molecule has 6 heteroatoms. The maximum absolute atomic E-state index is 12.5. The first-order valence-corrected chi connectivity index (χ1v) is 9.01. The molecule has 2 heterocycles. The van der Waals surface area contributed by atoms with E-state index >= 15 is 0 Å². The molecule has 1 fully saturated rings. The lowest BCUT2D eigenvalue weighted by molar-refractivity contribution is -0.0704. The molecule has 1 aromatic heterocycles. The molecule has 1 saturated heterocycles. The minimum Gasteiger partial charge on any atom is -0.467 e. The Morgan fingerprint density at radius 1 is 1.19 bits per heavy atom. The van der Waals surface area contributed by atoms with Crippen LogP contribution in [-0.4, -0.2) is 48.2 Å². The lowest BCUT2D eigenvalue weighted by atomic mass is 10.1. The van der Waals surface area contributed by atoms with Gasteiger partial charge in [0.25, 0.3) is 0 Å². The predicted octanol–water partition coefficient (Wildman–Crippen LogP) is 3.55. The second kappa shape index (κ2) is 8.38. The maximum atomic E-state index is 12.5. The molecule has 1 aliphatic rings. The fourth-order valence-corrected chi connectivity index (χ4v) is 3.35. The number of morpholine rings is 1. The Bertz CT molecular complexity index is 707. The summed E-state index contributed by atoms with van der Waals surface area (Å²) in [7, 11) is 1.76. The Labute approximate surface area is 154 Å². The number of furan rings is 1. The minimum atomic E-state index is -0.155. The van der Waals surface area contributed by atoms with E-state index in [1.807, 2.05) is 30.3 Å². The second-order valence-corrected chi connectivity index (χ2v) is 6.97. The average molecular weight is 357 g/mol. The van der Waals surface area contributed by atoms with Crippen LogP contribution in [0.3, 0.4) is 0 Å². The molecular formula is C20H27N3O3. The molecule has 2 aromatic rings. The Balaban J connectivity index is 1.64. The highest BCUT2D eigenvalue weighted by Crippen LogP contribution is 2.21. The monoisotopic (exact) mass is 357 g/mol. The number of nitrogens with one attached hydrogen (secondary N) is 1. The lowest BCUT2D eigenvalue weighted by Crippen LogP contribution is -2.45. The molecule has 2 atom stereocenters. The van der Waals surface area contributed by atoms with Crippen molar-refractivity contribution >= 4 is 11.7 Å². The van der Waals surface area contributed by atoms with E-state index in [1.165, 1.54) is 0 Å². The number of hydrogen-bond acceptors (Lipinski definition) is 4. The molecule has 2 amide bonds. The van der Waals surface area contributed by atoms with Crippen LogP contribution in [0.5, 0.6) is 0 Å². The van der Waals surface area contributed by atoms with Crippen molar-refractivity contribution in [2.45, 2.75) is 39.1 Å². The van der Waals surface area contributed by atoms with Gasteiger partial charge in [-0.3, -0.25) is 4.90 Å². The molecule has 0 aliphatic carbocycles. The van der Waals surface area contributed by atoms with Crippen LogP contribution in [0.25, 0.3) is 0 Å². The Kier molecular flexibility index (Phi) is 5.96. The first kappa shape index (κ1) is 18.5. The number of amides is 2. The van der Waals surface area contributed by atoms with Crippen LogP contribution in [0.2, 0.25) is 0 Å². The van der Waals surface area contributed by atoms with E-state index in [-0.39, 0.29) is 18.2 Å². The summed E-state index contributed by atoms with van der Waals surface area (Å²) in [5, 5.41) is 3.02. The van der Waals surface area contributed by atoms with Crippen LogP contribution in [-0.2, 0) is 17.8 Å². The standard InChI is InChI=1S/C20H27N3O3/c1-15-11-23(12-16(2)26-15)13-17-7-4-5-9-19(17)21-20(24)22(3)14-18-8-6-10-25-18/h4-10,15-16H,11-14H2,1-3H3,(H,21,24)/t15-,16+. The van der Waals surface area contributed by atoms with Gasteiger partial charge in [-0.05, 0) is 37.6 Å². The zero-order valence-corrected chi connectivity index (χ0v) is 15.6. The average Bonchev–Trinajstić information content (AvgIpc) is 3.08. The summed E-state index contributed by atoms with van der Waals surface area (Å²) in [4.78, 5) is 16.5. The number of anilines is 1. The van der Waals surface area contributed by atoms with E-state index in [1.54, 1.807) is 18.2 Å². The van der Waals surface area contributed by atoms with Gasteiger partial charge < -0.3 is 19.4 Å². The first-order chi connectivity index (χ1) is 12.5. The fourth-order valence-electron chi connectivity index (χ4n) is 3.35. The minimum absolute atomic E-state index is 0.155. The van der Waals surface area contributed by atoms with Gasteiger partial charge in [0.15, 0.2) is 0 Å². The zero-order valence-electron chi connectivity index (χ0n) is 15.6. The molecule has 1 N–H and O–H groups in total. The molecule has 0 spiro atoms. The summed E-state index contributed by atoms with van der Waals surface area (Å²) < 4.78 is 11.1. The lowest BCUT2D eigenvalue weighted by Gasteiger charge is -2.35. The number of benzene rings is 1. The quantitative estimate of drug-likeness (QED) is 0.889. The van der Waals surface area contributed by atoms with E-state index in [0.29, 0.717) is 6.54 Å². The molecule has 26 heavy (non-hydrogen) atoms. The van der Waals surface area contributed by atoms with Gasteiger partial charge in [-0.15, -0.1) is 0 Å². The van der Waals surface area contributed by atoms with Crippen LogP contribution in [0, 0.1) is 0 Å². The summed E-state index contributed by atoms with van der Waals surface area (Å²) in [6.07, 6.45) is 2.06. The molecular weight excluding hydrogens is 330 g/mol. The van der Waals surface area contributed by atoms with E-state index in [0.717, 1.165) is 36.6 Å². The van der Waals surface area contributed by atoms with Crippen molar-refractivity contribution in [2.75, 3.05) is 25.5 Å². The van der Waals surface area contributed by atoms with Crippen molar-refractivity contribution in [3.05, 3.63) is 54.0 Å². The van der Waals surface area contributed by atoms with Crippen molar-refractivity contribution in [1.29, 1.82) is 0 Å². The van der Waals surface area contributed by atoms with Gasteiger partial charge >= 0.3 is 6.03 Å². The number of hydrogen-bond donors (Lipinski definition) is 1. The van der Waals surface area contributed by atoms with E-state index in [9.17, 15) is 4.79 Å². The SMILES string of the molecule is C[C@@H]1CN(Cc2ccccc2NC(=O)N(C)Cc2ccco2)C[C@H](C)O1. The summed E-state index contributed by atoms with van der Waals surface area (Å²) in [6.45, 7) is 7.20. The predicted molar refractivity (Wildman–Crippen MR) is 101 cm³/mol. The Morgan fingerprint density at radius 3 is 2.62 bits per heavy atom. The molecule has 1 aromatic carbocycles. The van der Waals surface area contributed by atoms with Crippen LogP contribution < -0.4 is 5.32 Å². The number of carbonyl (C=O) groups is 1.